The van der Waals surface area contributed by atoms with Crippen LogP contribution in [0.3, 0.4) is 0 Å². The molecule has 1 saturated heterocycles. The van der Waals surface area contributed by atoms with E-state index in [1.165, 1.54) is 4.31 Å². The summed E-state index contributed by atoms with van der Waals surface area (Å²) in [5.74, 6) is 1.01. The van der Waals surface area contributed by atoms with E-state index in [2.05, 4.69) is 5.32 Å². The molecule has 33 heavy (non-hydrogen) atoms. The van der Waals surface area contributed by atoms with Crippen LogP contribution < -0.4 is 5.32 Å². The van der Waals surface area contributed by atoms with Crippen LogP contribution in [0, 0.1) is 0 Å². The van der Waals surface area contributed by atoms with Crippen LogP contribution in [0.2, 0.25) is 0 Å². The van der Waals surface area contributed by atoms with Crippen LogP contribution >= 0.6 is 0 Å². The molecule has 9 heteroatoms. The van der Waals surface area contributed by atoms with Crippen molar-refractivity contribution in [1.82, 2.24) is 19.0 Å². The molecule has 8 nitrogen and oxygen atoms in total. The molecule has 1 amide bonds. The Morgan fingerprint density at radius 1 is 0.939 bits per heavy atom. The van der Waals surface area contributed by atoms with E-state index in [4.69, 9.17) is 5.10 Å². The third-order valence-electron chi connectivity index (χ3n) is 6.07. The van der Waals surface area contributed by atoms with Crippen LogP contribution in [-0.4, -0.2) is 66.0 Å². The Balaban J connectivity index is 1.21. The van der Waals surface area contributed by atoms with Crippen LogP contribution in [0.5, 0.6) is 0 Å². The zero-order chi connectivity index (χ0) is 22.8. The van der Waals surface area contributed by atoms with E-state index < -0.39 is 10.0 Å². The molecule has 1 aromatic heterocycles. The van der Waals surface area contributed by atoms with E-state index in [9.17, 15) is 13.2 Å². The van der Waals surface area contributed by atoms with Crippen molar-refractivity contribution in [2.45, 2.75) is 23.7 Å². The molecule has 3 aromatic rings. The molecule has 1 aliphatic carbocycles. The predicted molar refractivity (Wildman–Crippen MR) is 126 cm³/mol. The summed E-state index contributed by atoms with van der Waals surface area (Å²) in [5.41, 5.74) is 1.91. The van der Waals surface area contributed by atoms with Gasteiger partial charge in [-0.25, -0.2) is 13.1 Å². The van der Waals surface area contributed by atoms with Gasteiger partial charge in [0, 0.05) is 38.2 Å². The van der Waals surface area contributed by atoms with Crippen molar-refractivity contribution in [3.8, 4) is 5.69 Å². The van der Waals surface area contributed by atoms with Crippen LogP contribution in [-0.2, 0) is 14.8 Å². The van der Waals surface area contributed by atoms with Crippen molar-refractivity contribution in [3.63, 3.8) is 0 Å². The molecule has 2 fully saturated rings. The fourth-order valence-electron chi connectivity index (χ4n) is 4.09. The zero-order valence-electron chi connectivity index (χ0n) is 18.3. The highest BCUT2D eigenvalue weighted by molar-refractivity contribution is 7.89. The average molecular weight is 466 g/mol. The lowest BCUT2D eigenvalue weighted by Gasteiger charge is -2.33. The van der Waals surface area contributed by atoms with E-state index in [1.54, 1.807) is 35.0 Å². The molecule has 1 saturated carbocycles. The fourth-order valence-corrected chi connectivity index (χ4v) is 5.53. The maximum Gasteiger partial charge on any atom is 0.243 e. The predicted octanol–water partition coefficient (Wildman–Crippen LogP) is 2.69. The van der Waals surface area contributed by atoms with Crippen molar-refractivity contribution < 1.29 is 13.2 Å². The van der Waals surface area contributed by atoms with Gasteiger partial charge in [0.1, 0.15) is 5.82 Å². The van der Waals surface area contributed by atoms with E-state index in [1.807, 2.05) is 41.3 Å². The van der Waals surface area contributed by atoms with Gasteiger partial charge in [-0.05, 0) is 37.1 Å². The number of carbonyl (C=O) groups is 1. The van der Waals surface area contributed by atoms with Gasteiger partial charge in [-0.2, -0.15) is 9.40 Å². The van der Waals surface area contributed by atoms with Gasteiger partial charge in [0.05, 0.1) is 22.8 Å². The summed E-state index contributed by atoms with van der Waals surface area (Å²) in [4.78, 5) is 15.1. The molecular formula is C24H27N5O3S. The number of anilines is 1. The molecule has 2 aromatic carbocycles. The summed E-state index contributed by atoms with van der Waals surface area (Å²) in [5, 5.41) is 7.74. The van der Waals surface area contributed by atoms with Gasteiger partial charge >= 0.3 is 0 Å². The standard InChI is InChI=1S/C24H27N5O3S/c30-24(18-27-13-15-28(16-14-27)33(31,32)21-9-5-2-6-10-21)25-23-17-22(19-11-12-19)26-29(23)20-7-3-1-4-8-20/h1-10,17,19H,11-16,18H2,(H,25,30). The second kappa shape index (κ2) is 9.09. The van der Waals surface area contributed by atoms with Gasteiger partial charge in [0.2, 0.25) is 15.9 Å². The SMILES string of the molecule is O=C(CN1CCN(S(=O)(=O)c2ccccc2)CC1)Nc1cc(C2CC2)nn1-c1ccccc1. The fraction of sp³-hybridized carbons (Fsp3) is 0.333. The highest BCUT2D eigenvalue weighted by atomic mass is 32.2. The number of benzene rings is 2. The lowest BCUT2D eigenvalue weighted by molar-refractivity contribution is -0.117. The number of nitrogens with zero attached hydrogens (tertiary/aromatic N) is 4. The lowest BCUT2D eigenvalue weighted by atomic mass is 10.3. The molecule has 1 aliphatic heterocycles. The number of aromatic nitrogens is 2. The van der Waals surface area contributed by atoms with Crippen molar-refractivity contribution >= 4 is 21.7 Å². The first kappa shape index (κ1) is 21.8. The maximum absolute atomic E-state index is 12.8. The molecule has 0 atom stereocenters. The minimum atomic E-state index is -3.50. The summed E-state index contributed by atoms with van der Waals surface area (Å²) >= 11 is 0. The van der Waals surface area contributed by atoms with Crippen LogP contribution in [0.15, 0.2) is 71.6 Å². The second-order valence-electron chi connectivity index (χ2n) is 8.52. The van der Waals surface area contributed by atoms with Gasteiger partial charge in [-0.15, -0.1) is 0 Å². The number of para-hydroxylation sites is 1. The van der Waals surface area contributed by atoms with Crippen molar-refractivity contribution in [2.75, 3.05) is 38.0 Å². The Bertz CT molecular complexity index is 1220. The van der Waals surface area contributed by atoms with Gasteiger partial charge in [0.15, 0.2) is 0 Å². The van der Waals surface area contributed by atoms with Crippen molar-refractivity contribution in [3.05, 3.63) is 72.4 Å². The number of hydrogen-bond donors (Lipinski definition) is 1. The quantitative estimate of drug-likeness (QED) is 0.580. The van der Waals surface area contributed by atoms with Crippen molar-refractivity contribution in [1.29, 1.82) is 0 Å². The topological polar surface area (TPSA) is 87.5 Å². The largest absolute Gasteiger partial charge is 0.309 e. The third-order valence-corrected chi connectivity index (χ3v) is 7.98. The summed E-state index contributed by atoms with van der Waals surface area (Å²) in [6, 6.07) is 20.2. The first-order valence-electron chi connectivity index (χ1n) is 11.2. The smallest absolute Gasteiger partial charge is 0.243 e. The summed E-state index contributed by atoms with van der Waals surface area (Å²) < 4.78 is 28.9. The molecule has 5 rings (SSSR count). The molecular weight excluding hydrogens is 438 g/mol. The van der Waals surface area contributed by atoms with Crippen LogP contribution in [0.1, 0.15) is 24.5 Å². The van der Waals surface area contributed by atoms with Gasteiger partial charge in [-0.1, -0.05) is 36.4 Å². The second-order valence-corrected chi connectivity index (χ2v) is 10.5. The summed E-state index contributed by atoms with van der Waals surface area (Å²) in [6.07, 6.45) is 2.27. The number of nitrogens with one attached hydrogen (secondary N) is 1. The van der Waals surface area contributed by atoms with Crippen molar-refractivity contribution in [2.24, 2.45) is 0 Å². The average Bonchev–Trinajstić information content (AvgIpc) is 3.61. The molecule has 0 spiro atoms. The van der Waals surface area contributed by atoms with Gasteiger partial charge in [0.25, 0.3) is 0 Å². The van der Waals surface area contributed by atoms with E-state index >= 15 is 0 Å². The van der Waals surface area contributed by atoms with Gasteiger partial charge < -0.3 is 5.32 Å². The lowest BCUT2D eigenvalue weighted by Crippen LogP contribution is -2.50. The maximum atomic E-state index is 12.8. The summed E-state index contributed by atoms with van der Waals surface area (Å²) in [6.45, 7) is 1.93. The zero-order valence-corrected chi connectivity index (χ0v) is 19.1. The molecule has 0 bridgehead atoms. The number of sulfonamides is 1. The Kier molecular flexibility index (Phi) is 6.01. The highest BCUT2D eigenvalue weighted by Crippen LogP contribution is 2.40. The molecule has 0 radical (unpaired) electrons. The van der Waals surface area contributed by atoms with Gasteiger partial charge in [-0.3, -0.25) is 9.69 Å². The van der Waals surface area contributed by atoms with E-state index in [-0.39, 0.29) is 12.5 Å². The first-order chi connectivity index (χ1) is 16.0. The number of carbonyl (C=O) groups excluding carboxylic acids is 1. The first-order valence-corrected chi connectivity index (χ1v) is 12.7. The Labute approximate surface area is 193 Å². The van der Waals surface area contributed by atoms with Crippen LogP contribution in [0.4, 0.5) is 5.82 Å². The molecule has 1 N–H and O–H groups in total. The normalized spacial score (nSPS) is 17.7. The molecule has 2 aliphatic rings. The monoisotopic (exact) mass is 465 g/mol. The number of piperazine rings is 1. The summed E-state index contributed by atoms with van der Waals surface area (Å²) in [7, 11) is -3.50. The number of amides is 1. The van der Waals surface area contributed by atoms with E-state index in [0.29, 0.717) is 42.8 Å². The minimum absolute atomic E-state index is 0.131. The highest BCUT2D eigenvalue weighted by Gasteiger charge is 2.30. The number of hydrogen-bond acceptors (Lipinski definition) is 5. The molecule has 0 unspecified atom stereocenters. The number of rotatable bonds is 7. The van der Waals surface area contributed by atoms with Crippen LogP contribution in [0.25, 0.3) is 5.69 Å². The Morgan fingerprint density at radius 3 is 2.21 bits per heavy atom. The Morgan fingerprint density at radius 2 is 1.58 bits per heavy atom. The minimum Gasteiger partial charge on any atom is -0.309 e. The third kappa shape index (κ3) is 4.85. The Hall–Kier alpha value is -3.01. The van der Waals surface area contributed by atoms with E-state index in [0.717, 1.165) is 24.2 Å². The molecule has 2 heterocycles. The molecule has 172 valence electrons.